The van der Waals surface area contributed by atoms with Crippen molar-refractivity contribution in [3.8, 4) is 5.88 Å². The second-order valence-electron chi connectivity index (χ2n) is 4.10. The Bertz CT molecular complexity index is 328. The molecule has 0 aromatic carbocycles. The monoisotopic (exact) mass is 223 g/mol. The number of rotatable bonds is 6. The molecule has 1 unspecified atom stereocenters. The lowest BCUT2D eigenvalue weighted by atomic mass is 10.1. The summed E-state index contributed by atoms with van der Waals surface area (Å²) in [6, 6.07) is 0. The molecule has 0 spiro atoms. The molecule has 2 N–H and O–H groups in total. The molecule has 0 saturated heterocycles. The lowest BCUT2D eigenvalue weighted by Gasteiger charge is -2.13. The van der Waals surface area contributed by atoms with E-state index in [1.54, 1.807) is 0 Å². The molecule has 1 rings (SSSR count). The molecular formula is C12H21N3O. The Balaban J connectivity index is 2.63. The summed E-state index contributed by atoms with van der Waals surface area (Å²) in [6.45, 7) is 7.07. The molecule has 16 heavy (non-hydrogen) atoms. The van der Waals surface area contributed by atoms with Gasteiger partial charge in [-0.15, -0.1) is 0 Å². The normalized spacial score (nSPS) is 12.4. The van der Waals surface area contributed by atoms with Crippen molar-refractivity contribution in [3.63, 3.8) is 0 Å². The maximum atomic E-state index is 5.77. The van der Waals surface area contributed by atoms with Crippen LogP contribution in [0, 0.1) is 5.92 Å². The number of nitrogens with zero attached hydrogens (tertiary/aromatic N) is 2. The third-order valence-electron chi connectivity index (χ3n) is 2.58. The first kappa shape index (κ1) is 12.7. The highest BCUT2D eigenvalue weighted by molar-refractivity contribution is 5.44. The summed E-state index contributed by atoms with van der Waals surface area (Å²) in [7, 11) is 0. The Morgan fingerprint density at radius 2 is 2.12 bits per heavy atom. The summed E-state index contributed by atoms with van der Waals surface area (Å²) in [4.78, 5) is 8.09. The van der Waals surface area contributed by atoms with E-state index < -0.39 is 0 Å². The van der Waals surface area contributed by atoms with Crippen molar-refractivity contribution >= 4 is 5.82 Å². The van der Waals surface area contributed by atoms with Crippen LogP contribution >= 0.6 is 0 Å². The van der Waals surface area contributed by atoms with Crippen molar-refractivity contribution < 1.29 is 4.74 Å². The van der Waals surface area contributed by atoms with Gasteiger partial charge in [0.25, 0.3) is 0 Å². The molecule has 0 fully saturated rings. The van der Waals surface area contributed by atoms with Gasteiger partial charge in [-0.3, -0.25) is 0 Å². The van der Waals surface area contributed by atoms with Gasteiger partial charge >= 0.3 is 0 Å². The first-order valence-corrected chi connectivity index (χ1v) is 5.91. The molecule has 0 saturated carbocycles. The topological polar surface area (TPSA) is 61.0 Å². The van der Waals surface area contributed by atoms with Crippen LogP contribution in [0.1, 0.15) is 39.2 Å². The molecule has 90 valence electrons. The standard InChI is InChI=1S/C12H21N3O/c1-4-6-9(3)7-16-12-10(5-2)11(13)14-8-15-12/h8-9H,4-7H2,1-3H3,(H2,13,14,15). The Kier molecular flexibility index (Phi) is 5.02. The maximum Gasteiger partial charge on any atom is 0.221 e. The van der Waals surface area contributed by atoms with E-state index in [2.05, 4.69) is 23.8 Å². The van der Waals surface area contributed by atoms with Gasteiger partial charge in [0.05, 0.1) is 12.2 Å². The number of aromatic nitrogens is 2. The average molecular weight is 223 g/mol. The Labute approximate surface area is 97.2 Å². The van der Waals surface area contributed by atoms with Gasteiger partial charge in [0.2, 0.25) is 5.88 Å². The van der Waals surface area contributed by atoms with Gasteiger partial charge in [-0.05, 0) is 18.8 Å². The highest BCUT2D eigenvalue weighted by atomic mass is 16.5. The Morgan fingerprint density at radius 3 is 2.75 bits per heavy atom. The zero-order chi connectivity index (χ0) is 12.0. The summed E-state index contributed by atoms with van der Waals surface area (Å²) < 4.78 is 5.69. The molecule has 4 nitrogen and oxygen atoms in total. The van der Waals surface area contributed by atoms with Crippen LogP contribution in [-0.2, 0) is 6.42 Å². The van der Waals surface area contributed by atoms with Crippen molar-refractivity contribution in [2.45, 2.75) is 40.0 Å². The SMILES string of the molecule is CCCC(C)COc1ncnc(N)c1CC. The number of nitrogens with two attached hydrogens (primary N) is 1. The van der Waals surface area contributed by atoms with E-state index in [1.165, 1.54) is 19.2 Å². The Hall–Kier alpha value is -1.32. The van der Waals surface area contributed by atoms with Crippen LogP contribution in [0.2, 0.25) is 0 Å². The van der Waals surface area contributed by atoms with Gasteiger partial charge in [-0.2, -0.15) is 0 Å². The fourth-order valence-electron chi connectivity index (χ4n) is 1.66. The van der Waals surface area contributed by atoms with Gasteiger partial charge in [-0.25, -0.2) is 9.97 Å². The molecular weight excluding hydrogens is 202 g/mol. The van der Waals surface area contributed by atoms with Crippen molar-refractivity contribution in [2.24, 2.45) is 5.92 Å². The van der Waals surface area contributed by atoms with E-state index >= 15 is 0 Å². The highest BCUT2D eigenvalue weighted by Gasteiger charge is 2.09. The second-order valence-corrected chi connectivity index (χ2v) is 4.10. The molecule has 1 atom stereocenters. The van der Waals surface area contributed by atoms with Gasteiger partial charge in [0.1, 0.15) is 12.1 Å². The van der Waals surface area contributed by atoms with Gasteiger partial charge < -0.3 is 10.5 Å². The number of hydrogen-bond donors (Lipinski definition) is 1. The number of hydrogen-bond acceptors (Lipinski definition) is 4. The van der Waals surface area contributed by atoms with Crippen molar-refractivity contribution in [3.05, 3.63) is 11.9 Å². The van der Waals surface area contributed by atoms with Gasteiger partial charge in [0, 0.05) is 0 Å². The van der Waals surface area contributed by atoms with Gasteiger partial charge in [0.15, 0.2) is 0 Å². The van der Waals surface area contributed by atoms with Crippen LogP contribution in [0.15, 0.2) is 6.33 Å². The molecule has 4 heteroatoms. The fraction of sp³-hybridized carbons (Fsp3) is 0.667. The van der Waals surface area contributed by atoms with Crippen molar-refractivity contribution in [1.82, 2.24) is 9.97 Å². The van der Waals surface area contributed by atoms with E-state index in [1.807, 2.05) is 6.92 Å². The van der Waals surface area contributed by atoms with Crippen LogP contribution in [0.5, 0.6) is 5.88 Å². The largest absolute Gasteiger partial charge is 0.477 e. The van der Waals surface area contributed by atoms with Crippen LogP contribution < -0.4 is 10.5 Å². The number of ether oxygens (including phenoxy) is 1. The lowest BCUT2D eigenvalue weighted by molar-refractivity contribution is 0.240. The van der Waals surface area contributed by atoms with E-state index in [0.717, 1.165) is 12.0 Å². The third-order valence-corrected chi connectivity index (χ3v) is 2.58. The Morgan fingerprint density at radius 1 is 1.38 bits per heavy atom. The number of nitrogen functional groups attached to an aromatic ring is 1. The minimum absolute atomic E-state index is 0.524. The lowest BCUT2D eigenvalue weighted by Crippen LogP contribution is -2.11. The molecule has 0 amide bonds. The average Bonchev–Trinajstić information content (AvgIpc) is 2.27. The van der Waals surface area contributed by atoms with Crippen LogP contribution in [0.3, 0.4) is 0 Å². The first-order valence-electron chi connectivity index (χ1n) is 5.91. The third kappa shape index (κ3) is 3.36. The molecule has 1 aromatic rings. The molecule has 0 radical (unpaired) electrons. The molecule has 0 bridgehead atoms. The first-order chi connectivity index (χ1) is 7.69. The minimum Gasteiger partial charge on any atom is -0.477 e. The second kappa shape index (κ2) is 6.30. The van der Waals surface area contributed by atoms with Crippen LogP contribution in [0.25, 0.3) is 0 Å². The van der Waals surface area contributed by atoms with Crippen molar-refractivity contribution in [2.75, 3.05) is 12.3 Å². The van der Waals surface area contributed by atoms with E-state index in [4.69, 9.17) is 10.5 Å². The molecule has 0 aliphatic carbocycles. The van der Waals surface area contributed by atoms with Crippen LogP contribution in [0.4, 0.5) is 5.82 Å². The zero-order valence-corrected chi connectivity index (χ0v) is 10.4. The number of anilines is 1. The quantitative estimate of drug-likeness (QED) is 0.804. The highest BCUT2D eigenvalue weighted by Crippen LogP contribution is 2.20. The van der Waals surface area contributed by atoms with E-state index in [0.29, 0.717) is 24.2 Å². The minimum atomic E-state index is 0.524. The maximum absolute atomic E-state index is 5.77. The zero-order valence-electron chi connectivity index (χ0n) is 10.4. The predicted molar refractivity (Wildman–Crippen MR) is 65.4 cm³/mol. The summed E-state index contributed by atoms with van der Waals surface area (Å²) in [6.07, 6.45) is 4.59. The predicted octanol–water partition coefficient (Wildman–Crippen LogP) is 2.44. The fourth-order valence-corrected chi connectivity index (χ4v) is 1.66. The van der Waals surface area contributed by atoms with E-state index in [9.17, 15) is 0 Å². The molecule has 0 aliphatic heterocycles. The van der Waals surface area contributed by atoms with E-state index in [-0.39, 0.29) is 0 Å². The van der Waals surface area contributed by atoms with Gasteiger partial charge in [-0.1, -0.05) is 27.2 Å². The molecule has 1 aromatic heterocycles. The smallest absolute Gasteiger partial charge is 0.221 e. The van der Waals surface area contributed by atoms with Crippen LogP contribution in [-0.4, -0.2) is 16.6 Å². The summed E-state index contributed by atoms with van der Waals surface area (Å²) in [5.41, 5.74) is 6.67. The summed E-state index contributed by atoms with van der Waals surface area (Å²) >= 11 is 0. The molecule has 1 heterocycles. The van der Waals surface area contributed by atoms with Crippen molar-refractivity contribution in [1.29, 1.82) is 0 Å². The summed E-state index contributed by atoms with van der Waals surface area (Å²) in [5, 5.41) is 0. The molecule has 0 aliphatic rings. The summed E-state index contributed by atoms with van der Waals surface area (Å²) in [5.74, 6) is 1.71.